The number of furan rings is 1. The largest absolute Gasteiger partial charge is 0.457 e. The van der Waals surface area contributed by atoms with E-state index in [9.17, 15) is 4.79 Å². The van der Waals surface area contributed by atoms with Crippen molar-refractivity contribution in [2.45, 2.75) is 6.92 Å². The van der Waals surface area contributed by atoms with Crippen molar-refractivity contribution in [3.8, 4) is 34.5 Å². The summed E-state index contributed by atoms with van der Waals surface area (Å²) in [5.74, 6) is 2.46. The van der Waals surface area contributed by atoms with Gasteiger partial charge in [0.25, 0.3) is 5.89 Å². The number of aromatic nitrogens is 2. The maximum Gasteiger partial charge on any atom is 0.293 e. The molecule has 1 amide bonds. The van der Waals surface area contributed by atoms with E-state index in [0.29, 0.717) is 39.3 Å². The second-order valence-corrected chi connectivity index (χ2v) is 6.64. The second kappa shape index (κ2) is 7.69. The predicted octanol–water partition coefficient (Wildman–Crippen LogP) is 5.51. The minimum absolute atomic E-state index is 0.117. The summed E-state index contributed by atoms with van der Waals surface area (Å²) in [5, 5.41) is 6.69. The van der Waals surface area contributed by atoms with Crippen LogP contribution in [0, 0.1) is 0 Å². The van der Waals surface area contributed by atoms with Gasteiger partial charge in [-0.15, -0.1) is 0 Å². The monoisotopic (exact) mass is 439 g/mol. The smallest absolute Gasteiger partial charge is 0.293 e. The maximum absolute atomic E-state index is 11.1. The van der Waals surface area contributed by atoms with Gasteiger partial charge in [-0.2, -0.15) is 4.98 Å². The Morgan fingerprint density at radius 1 is 1.00 bits per heavy atom. The van der Waals surface area contributed by atoms with Crippen molar-refractivity contribution in [3.63, 3.8) is 0 Å². The number of hydrogen-bond acceptors (Lipinski definition) is 6. The Morgan fingerprint density at radius 3 is 2.29 bits per heavy atom. The topological polar surface area (TPSA) is 90.4 Å². The SMILES string of the molecule is CC(=O)Nc1ccc(Oc2ccc(-c3noc(-c4ccc(Br)o4)n3)cc2)cc1. The molecule has 0 fully saturated rings. The highest BCUT2D eigenvalue weighted by atomic mass is 79.9. The number of hydrogen-bond donors (Lipinski definition) is 1. The molecule has 4 aromatic rings. The Bertz CT molecular complexity index is 1100. The zero-order valence-corrected chi connectivity index (χ0v) is 16.3. The van der Waals surface area contributed by atoms with Gasteiger partial charge in [0.15, 0.2) is 10.4 Å². The van der Waals surface area contributed by atoms with Crippen LogP contribution in [0.25, 0.3) is 23.0 Å². The van der Waals surface area contributed by atoms with Gasteiger partial charge >= 0.3 is 0 Å². The van der Waals surface area contributed by atoms with Gasteiger partial charge in [-0.1, -0.05) is 5.16 Å². The lowest BCUT2D eigenvalue weighted by atomic mass is 10.2. The molecular weight excluding hydrogens is 426 g/mol. The number of carbonyl (C=O) groups is 1. The molecule has 0 radical (unpaired) electrons. The Balaban J connectivity index is 1.45. The van der Waals surface area contributed by atoms with Crippen LogP contribution in [0.2, 0.25) is 0 Å². The van der Waals surface area contributed by atoms with Gasteiger partial charge in [-0.05, 0) is 76.6 Å². The fourth-order valence-electron chi connectivity index (χ4n) is 2.49. The van der Waals surface area contributed by atoms with E-state index < -0.39 is 0 Å². The summed E-state index contributed by atoms with van der Waals surface area (Å²) in [6, 6.07) is 17.9. The summed E-state index contributed by atoms with van der Waals surface area (Å²) in [5.41, 5.74) is 1.50. The van der Waals surface area contributed by atoms with Crippen molar-refractivity contribution < 1.29 is 18.5 Å². The molecule has 28 heavy (non-hydrogen) atoms. The van der Waals surface area contributed by atoms with Crippen LogP contribution in [0.1, 0.15) is 6.92 Å². The molecular formula is C20H14BrN3O4. The molecule has 0 saturated heterocycles. The molecule has 2 heterocycles. The molecule has 0 aliphatic heterocycles. The van der Waals surface area contributed by atoms with E-state index in [0.717, 1.165) is 5.56 Å². The molecule has 1 N–H and O–H groups in total. The first kappa shape index (κ1) is 18.0. The van der Waals surface area contributed by atoms with Gasteiger partial charge in [0.2, 0.25) is 11.7 Å². The van der Waals surface area contributed by atoms with E-state index in [-0.39, 0.29) is 5.91 Å². The molecule has 0 bridgehead atoms. The minimum atomic E-state index is -0.117. The van der Waals surface area contributed by atoms with Crippen LogP contribution in [0.4, 0.5) is 5.69 Å². The van der Waals surface area contributed by atoms with Gasteiger partial charge in [0.1, 0.15) is 11.5 Å². The van der Waals surface area contributed by atoms with E-state index in [1.54, 1.807) is 36.4 Å². The summed E-state index contributed by atoms with van der Waals surface area (Å²) < 4.78 is 17.1. The van der Waals surface area contributed by atoms with Crippen LogP contribution in [-0.4, -0.2) is 16.0 Å². The first-order chi connectivity index (χ1) is 13.6. The summed E-state index contributed by atoms with van der Waals surface area (Å²) >= 11 is 3.24. The quantitative estimate of drug-likeness (QED) is 0.440. The van der Waals surface area contributed by atoms with Crippen LogP contribution in [0.3, 0.4) is 0 Å². The van der Waals surface area contributed by atoms with Gasteiger partial charge in [0, 0.05) is 18.2 Å². The van der Waals surface area contributed by atoms with Crippen molar-refractivity contribution in [2.75, 3.05) is 5.32 Å². The van der Waals surface area contributed by atoms with E-state index in [2.05, 4.69) is 31.4 Å². The summed E-state index contributed by atoms with van der Waals surface area (Å²) in [7, 11) is 0. The molecule has 4 rings (SSSR count). The molecule has 7 nitrogen and oxygen atoms in total. The molecule has 8 heteroatoms. The van der Waals surface area contributed by atoms with Crippen LogP contribution in [0.15, 0.2) is 74.3 Å². The fraction of sp³-hybridized carbons (Fsp3) is 0.0500. The average molecular weight is 440 g/mol. The van der Waals surface area contributed by atoms with Crippen molar-refractivity contribution in [1.82, 2.24) is 10.1 Å². The molecule has 140 valence electrons. The summed E-state index contributed by atoms with van der Waals surface area (Å²) in [6.07, 6.45) is 0. The molecule has 0 aliphatic carbocycles. The van der Waals surface area contributed by atoms with Crippen molar-refractivity contribution in [2.24, 2.45) is 0 Å². The highest BCUT2D eigenvalue weighted by Gasteiger charge is 2.14. The number of ether oxygens (including phenoxy) is 1. The van der Waals surface area contributed by atoms with E-state index in [4.69, 9.17) is 13.7 Å². The van der Waals surface area contributed by atoms with Gasteiger partial charge in [-0.3, -0.25) is 4.79 Å². The minimum Gasteiger partial charge on any atom is -0.457 e. The normalized spacial score (nSPS) is 10.6. The lowest BCUT2D eigenvalue weighted by molar-refractivity contribution is -0.114. The van der Waals surface area contributed by atoms with Crippen molar-refractivity contribution >= 4 is 27.5 Å². The Hall–Kier alpha value is -3.39. The number of nitrogens with zero attached hydrogens (tertiary/aromatic N) is 2. The molecule has 2 aromatic carbocycles. The zero-order valence-electron chi connectivity index (χ0n) is 14.7. The lowest BCUT2D eigenvalue weighted by Gasteiger charge is -2.07. The Kier molecular flexibility index (Phi) is 4.94. The number of rotatable bonds is 5. The molecule has 0 unspecified atom stereocenters. The summed E-state index contributed by atoms with van der Waals surface area (Å²) in [6.45, 7) is 1.46. The maximum atomic E-state index is 11.1. The molecule has 0 aliphatic rings. The predicted molar refractivity (Wildman–Crippen MR) is 106 cm³/mol. The first-order valence-corrected chi connectivity index (χ1v) is 9.11. The van der Waals surface area contributed by atoms with Crippen LogP contribution >= 0.6 is 15.9 Å². The van der Waals surface area contributed by atoms with E-state index >= 15 is 0 Å². The van der Waals surface area contributed by atoms with E-state index in [1.807, 2.05) is 24.3 Å². The number of amides is 1. The van der Waals surface area contributed by atoms with Crippen LogP contribution in [0.5, 0.6) is 11.5 Å². The number of benzene rings is 2. The molecule has 2 aromatic heterocycles. The third kappa shape index (κ3) is 4.12. The lowest BCUT2D eigenvalue weighted by Crippen LogP contribution is -2.05. The van der Waals surface area contributed by atoms with Crippen LogP contribution < -0.4 is 10.1 Å². The average Bonchev–Trinajstić information content (AvgIpc) is 3.33. The van der Waals surface area contributed by atoms with Crippen molar-refractivity contribution in [1.29, 1.82) is 0 Å². The fourth-order valence-corrected chi connectivity index (χ4v) is 2.79. The highest BCUT2D eigenvalue weighted by Crippen LogP contribution is 2.28. The Morgan fingerprint density at radius 2 is 1.68 bits per heavy atom. The number of halogens is 1. The number of anilines is 1. The number of carbonyl (C=O) groups excluding carboxylic acids is 1. The third-order valence-electron chi connectivity index (χ3n) is 3.73. The Labute approximate surface area is 168 Å². The van der Waals surface area contributed by atoms with Gasteiger partial charge in [-0.25, -0.2) is 0 Å². The third-order valence-corrected chi connectivity index (χ3v) is 4.16. The molecule has 0 spiro atoms. The molecule has 0 atom stereocenters. The van der Waals surface area contributed by atoms with Crippen molar-refractivity contribution in [3.05, 3.63) is 65.3 Å². The second-order valence-electron chi connectivity index (χ2n) is 5.86. The standard InChI is InChI=1S/C20H14BrN3O4/c1-12(25)22-14-4-8-16(9-5-14)26-15-6-2-13(3-7-15)19-23-20(28-24-19)17-10-11-18(21)27-17/h2-11H,1H3,(H,22,25). The van der Waals surface area contributed by atoms with E-state index in [1.165, 1.54) is 6.92 Å². The number of nitrogens with one attached hydrogen (secondary N) is 1. The first-order valence-electron chi connectivity index (χ1n) is 8.32. The molecule has 0 saturated carbocycles. The highest BCUT2D eigenvalue weighted by molar-refractivity contribution is 9.10. The zero-order chi connectivity index (χ0) is 19.5. The van der Waals surface area contributed by atoms with Gasteiger partial charge < -0.3 is 19.0 Å². The summed E-state index contributed by atoms with van der Waals surface area (Å²) in [4.78, 5) is 15.4. The van der Waals surface area contributed by atoms with Gasteiger partial charge in [0.05, 0.1) is 0 Å². The van der Waals surface area contributed by atoms with Crippen LogP contribution in [-0.2, 0) is 4.79 Å².